The van der Waals surface area contributed by atoms with Gasteiger partial charge < -0.3 is 14.7 Å². The molecule has 0 aliphatic carbocycles. The average Bonchev–Trinajstić information content (AvgIpc) is 3.06. The van der Waals surface area contributed by atoms with E-state index in [4.69, 9.17) is 16.3 Å². The quantitative estimate of drug-likeness (QED) is 0.327. The Morgan fingerprint density at radius 3 is 2.66 bits per heavy atom. The van der Waals surface area contributed by atoms with Crippen LogP contribution in [0.5, 0.6) is 5.75 Å². The van der Waals surface area contributed by atoms with E-state index in [9.17, 15) is 14.7 Å². The molecule has 1 fully saturated rings. The molecular formula is C24H20ClN3O4. The number of H-pyrrole nitrogens is 1. The number of ketones is 1. The summed E-state index contributed by atoms with van der Waals surface area (Å²) in [7, 11) is 0. The summed E-state index contributed by atoms with van der Waals surface area (Å²) >= 11 is 6.25. The number of halogens is 1. The van der Waals surface area contributed by atoms with Crippen LogP contribution in [0, 0.1) is 0 Å². The Morgan fingerprint density at radius 1 is 1.22 bits per heavy atom. The zero-order valence-corrected chi connectivity index (χ0v) is 18.0. The number of carbonyl (C=O) groups is 2. The van der Waals surface area contributed by atoms with Crippen LogP contribution in [-0.4, -0.2) is 28.2 Å². The number of aromatic nitrogens is 2. The minimum absolute atomic E-state index is 0.110. The third-order valence-corrected chi connectivity index (χ3v) is 5.46. The molecule has 0 saturated carbocycles. The number of Topliss-reactive ketones (excluding diaryl/α,β-unsaturated/α-hetero) is 1. The van der Waals surface area contributed by atoms with E-state index in [0.717, 1.165) is 5.56 Å². The van der Waals surface area contributed by atoms with Crippen molar-refractivity contribution in [2.24, 2.45) is 0 Å². The van der Waals surface area contributed by atoms with Gasteiger partial charge in [0.1, 0.15) is 5.75 Å². The van der Waals surface area contributed by atoms with Crippen LogP contribution in [-0.2, 0) is 16.1 Å². The molecule has 32 heavy (non-hydrogen) atoms. The van der Waals surface area contributed by atoms with E-state index in [1.807, 2.05) is 13.0 Å². The SMILES string of the molecule is CCOc1ccc(C([O-])=C2C(=O)C(=O)N(Cc3ccc[nH+]c3)C2c2ccncc2)cc1Cl. The first-order valence-corrected chi connectivity index (χ1v) is 10.4. The average molecular weight is 450 g/mol. The van der Waals surface area contributed by atoms with E-state index >= 15 is 0 Å². The highest BCUT2D eigenvalue weighted by atomic mass is 35.5. The van der Waals surface area contributed by atoms with Crippen molar-refractivity contribution in [3.05, 3.63) is 94.5 Å². The molecule has 1 aliphatic rings. The molecule has 1 aliphatic heterocycles. The number of carbonyl (C=O) groups excluding carboxylic acids is 2. The van der Waals surface area contributed by atoms with E-state index in [0.29, 0.717) is 17.9 Å². The zero-order valence-electron chi connectivity index (χ0n) is 17.2. The highest BCUT2D eigenvalue weighted by Crippen LogP contribution is 2.40. The fourth-order valence-electron chi connectivity index (χ4n) is 3.72. The van der Waals surface area contributed by atoms with Gasteiger partial charge in [0.05, 0.1) is 24.2 Å². The van der Waals surface area contributed by atoms with Crippen LogP contribution in [0.15, 0.2) is 72.8 Å². The maximum atomic E-state index is 13.4. The van der Waals surface area contributed by atoms with Crippen LogP contribution in [0.25, 0.3) is 5.76 Å². The molecule has 0 bridgehead atoms. The minimum Gasteiger partial charge on any atom is -0.872 e. The number of ether oxygens (including phenoxy) is 1. The van der Waals surface area contributed by atoms with Crippen LogP contribution in [0.4, 0.5) is 0 Å². The largest absolute Gasteiger partial charge is 0.872 e. The first kappa shape index (κ1) is 21.5. The van der Waals surface area contributed by atoms with Crippen LogP contribution in [0.1, 0.15) is 29.7 Å². The van der Waals surface area contributed by atoms with E-state index in [-0.39, 0.29) is 22.7 Å². The first-order valence-electron chi connectivity index (χ1n) is 10.1. The van der Waals surface area contributed by atoms with Crippen molar-refractivity contribution in [2.45, 2.75) is 19.5 Å². The second-order valence-corrected chi connectivity index (χ2v) is 7.59. The lowest BCUT2D eigenvalue weighted by Crippen LogP contribution is -2.29. The number of benzene rings is 1. The van der Waals surface area contributed by atoms with Gasteiger partial charge in [0.15, 0.2) is 12.4 Å². The molecule has 1 saturated heterocycles. The van der Waals surface area contributed by atoms with Gasteiger partial charge in [-0.15, -0.1) is 0 Å². The van der Waals surface area contributed by atoms with E-state index in [1.165, 1.54) is 11.0 Å². The van der Waals surface area contributed by atoms with Crippen LogP contribution >= 0.6 is 11.6 Å². The second kappa shape index (κ2) is 9.20. The Hall–Kier alpha value is -3.71. The van der Waals surface area contributed by atoms with Gasteiger partial charge in [-0.25, -0.2) is 4.98 Å². The highest BCUT2D eigenvalue weighted by Gasteiger charge is 2.44. The molecule has 0 radical (unpaired) electrons. The predicted octanol–water partition coefficient (Wildman–Crippen LogP) is 2.37. The van der Waals surface area contributed by atoms with Gasteiger partial charge in [0.25, 0.3) is 5.91 Å². The number of pyridine rings is 2. The summed E-state index contributed by atoms with van der Waals surface area (Å²) < 4.78 is 5.42. The number of hydrogen-bond acceptors (Lipinski definition) is 5. The molecule has 8 heteroatoms. The molecule has 3 aromatic rings. The second-order valence-electron chi connectivity index (χ2n) is 7.18. The number of likely N-dealkylation sites (tertiary alicyclic amines) is 1. The maximum absolute atomic E-state index is 13.4. The molecule has 1 aromatic carbocycles. The van der Waals surface area contributed by atoms with E-state index < -0.39 is 23.5 Å². The van der Waals surface area contributed by atoms with Gasteiger partial charge in [0.2, 0.25) is 5.78 Å². The molecule has 3 heterocycles. The molecule has 162 valence electrons. The fourth-order valence-corrected chi connectivity index (χ4v) is 3.96. The van der Waals surface area contributed by atoms with Gasteiger partial charge in [-0.05, 0) is 48.4 Å². The Balaban J connectivity index is 1.83. The van der Waals surface area contributed by atoms with E-state index in [2.05, 4.69) is 9.97 Å². The summed E-state index contributed by atoms with van der Waals surface area (Å²) in [6.07, 6.45) is 6.62. The Bertz CT molecular complexity index is 1180. The third kappa shape index (κ3) is 4.07. The predicted molar refractivity (Wildman–Crippen MR) is 115 cm³/mol. The number of rotatable bonds is 6. The van der Waals surface area contributed by atoms with Crippen molar-refractivity contribution in [2.75, 3.05) is 6.61 Å². The van der Waals surface area contributed by atoms with Crippen LogP contribution in [0.2, 0.25) is 5.02 Å². The van der Waals surface area contributed by atoms with Crippen molar-refractivity contribution < 1.29 is 24.4 Å². The lowest BCUT2D eigenvalue weighted by molar-refractivity contribution is -0.378. The molecule has 2 aromatic heterocycles. The Labute approximate surface area is 190 Å². The topological polar surface area (TPSA) is 96.7 Å². The third-order valence-electron chi connectivity index (χ3n) is 5.17. The number of nitrogens with one attached hydrogen (secondary N) is 1. The highest BCUT2D eigenvalue weighted by molar-refractivity contribution is 6.46. The molecule has 0 spiro atoms. The van der Waals surface area contributed by atoms with Gasteiger partial charge in [0, 0.05) is 29.6 Å². The van der Waals surface area contributed by atoms with Gasteiger partial charge in [-0.3, -0.25) is 14.6 Å². The standard InChI is InChI=1S/C24H20ClN3O4/c1-2-32-19-6-5-17(12-18(19)25)22(29)20-21(16-7-10-26-11-8-16)28(24(31)23(20)30)14-15-4-3-9-27-13-15/h3-13,21,29H,2,14H2,1H3. The monoisotopic (exact) mass is 449 g/mol. The fraction of sp³-hybridized carbons (Fsp3) is 0.167. The van der Waals surface area contributed by atoms with Crippen molar-refractivity contribution in [1.82, 2.24) is 9.88 Å². The summed E-state index contributed by atoms with van der Waals surface area (Å²) in [6, 6.07) is 10.8. The molecule has 1 amide bonds. The molecule has 4 rings (SSSR count). The summed E-state index contributed by atoms with van der Waals surface area (Å²) in [5.74, 6) is -1.65. The Morgan fingerprint density at radius 2 is 2.00 bits per heavy atom. The van der Waals surface area contributed by atoms with Gasteiger partial charge in [-0.2, -0.15) is 0 Å². The van der Waals surface area contributed by atoms with Crippen LogP contribution < -0.4 is 14.8 Å². The molecular weight excluding hydrogens is 430 g/mol. The smallest absolute Gasteiger partial charge is 0.295 e. The molecule has 1 unspecified atom stereocenters. The Kier molecular flexibility index (Phi) is 6.18. The lowest BCUT2D eigenvalue weighted by Gasteiger charge is -2.27. The summed E-state index contributed by atoms with van der Waals surface area (Å²) in [6.45, 7) is 2.41. The van der Waals surface area contributed by atoms with Crippen molar-refractivity contribution in [1.29, 1.82) is 0 Å². The lowest BCUT2D eigenvalue weighted by atomic mass is 9.96. The van der Waals surface area contributed by atoms with E-state index in [1.54, 1.807) is 55.1 Å². The molecule has 1 atom stereocenters. The van der Waals surface area contributed by atoms with Crippen LogP contribution in [0.3, 0.4) is 0 Å². The summed E-state index contributed by atoms with van der Waals surface area (Å²) in [5.41, 5.74) is 1.52. The number of nitrogens with zero attached hydrogens (tertiary/aromatic N) is 2. The molecule has 7 nitrogen and oxygen atoms in total. The van der Waals surface area contributed by atoms with Gasteiger partial charge in [-0.1, -0.05) is 23.4 Å². The number of aromatic amines is 1. The zero-order chi connectivity index (χ0) is 22.7. The maximum Gasteiger partial charge on any atom is 0.295 e. The first-order chi connectivity index (χ1) is 15.5. The van der Waals surface area contributed by atoms with Gasteiger partial charge >= 0.3 is 0 Å². The molecule has 1 N–H and O–H groups in total. The van der Waals surface area contributed by atoms with Crippen molar-refractivity contribution in [3.63, 3.8) is 0 Å². The number of hydrogen-bond donors (Lipinski definition) is 0. The number of amides is 1. The summed E-state index contributed by atoms with van der Waals surface area (Å²) in [4.78, 5) is 34.4. The normalized spacial score (nSPS) is 17.6. The van der Waals surface area contributed by atoms with Crippen molar-refractivity contribution >= 4 is 29.1 Å². The summed E-state index contributed by atoms with van der Waals surface area (Å²) in [5, 5.41) is 13.7. The minimum atomic E-state index is -0.837. The van der Waals surface area contributed by atoms with Crippen molar-refractivity contribution in [3.8, 4) is 5.75 Å².